The molecule has 0 unspecified atom stereocenters. The van der Waals surface area contributed by atoms with E-state index in [2.05, 4.69) is 21.2 Å². The number of carbonyl (C=O) groups excluding carboxylic acids is 2. The molecule has 0 bridgehead atoms. The molecule has 1 amide bonds. The summed E-state index contributed by atoms with van der Waals surface area (Å²) in [5.74, 6) is 0.0932. The monoisotopic (exact) mass is 386 g/mol. The lowest BCUT2D eigenvalue weighted by molar-refractivity contribution is 0.0941. The summed E-state index contributed by atoms with van der Waals surface area (Å²) in [6, 6.07) is 10.2. The highest BCUT2D eigenvalue weighted by Crippen LogP contribution is 2.27. The Kier molecular flexibility index (Phi) is 4.04. The number of aryl methyl sites for hydroxylation is 1. The predicted molar refractivity (Wildman–Crippen MR) is 95.4 cm³/mol. The molecule has 1 N–H and O–H groups in total. The Labute approximate surface area is 149 Å². The summed E-state index contributed by atoms with van der Waals surface area (Å²) in [5, 5.41) is 3.05. The molecule has 2 aliphatic carbocycles. The summed E-state index contributed by atoms with van der Waals surface area (Å²) in [6.45, 7) is 0.543. The fourth-order valence-electron chi connectivity index (χ4n) is 3.29. The molecular weight excluding hydrogens is 368 g/mol. The molecule has 0 aliphatic heterocycles. The summed E-state index contributed by atoms with van der Waals surface area (Å²) in [7, 11) is 0. The first-order chi connectivity index (χ1) is 11.6. The average molecular weight is 387 g/mol. The van der Waals surface area contributed by atoms with Crippen molar-refractivity contribution in [2.75, 3.05) is 0 Å². The van der Waals surface area contributed by atoms with Crippen molar-refractivity contribution in [1.82, 2.24) is 9.88 Å². The fraction of sp³-hybridized carbons (Fsp3) is 0.368. The van der Waals surface area contributed by atoms with E-state index in [0.29, 0.717) is 24.7 Å². The van der Waals surface area contributed by atoms with Crippen LogP contribution in [0.4, 0.5) is 0 Å². The SMILES string of the molecule is O=C(NC1CC1)c1cc2c(n1Cc1ccc(Br)cc1)C(=O)CCC2. The number of Topliss-reactive ketones (excluding diaryl/α,β-unsaturated/α-hetero) is 1. The highest BCUT2D eigenvalue weighted by molar-refractivity contribution is 9.10. The molecular formula is C19H19BrN2O2. The molecule has 4 nitrogen and oxygen atoms in total. The third-order valence-electron chi connectivity index (χ3n) is 4.69. The number of nitrogens with zero attached hydrogens (tertiary/aromatic N) is 1. The van der Waals surface area contributed by atoms with Crippen LogP contribution in [0.15, 0.2) is 34.8 Å². The van der Waals surface area contributed by atoms with E-state index in [1.165, 1.54) is 0 Å². The minimum absolute atomic E-state index is 0.0585. The van der Waals surface area contributed by atoms with Gasteiger partial charge in [0.15, 0.2) is 5.78 Å². The van der Waals surface area contributed by atoms with E-state index in [1.807, 2.05) is 34.9 Å². The van der Waals surface area contributed by atoms with Crippen molar-refractivity contribution in [3.63, 3.8) is 0 Å². The predicted octanol–water partition coefficient (Wildman–Crippen LogP) is 3.71. The summed E-state index contributed by atoms with van der Waals surface area (Å²) >= 11 is 3.44. The van der Waals surface area contributed by atoms with Crippen LogP contribution >= 0.6 is 15.9 Å². The third-order valence-corrected chi connectivity index (χ3v) is 5.22. The molecule has 1 heterocycles. The molecule has 4 rings (SSSR count). The Bertz CT molecular complexity index is 804. The normalized spacial score (nSPS) is 16.8. The molecule has 0 spiro atoms. The van der Waals surface area contributed by atoms with E-state index < -0.39 is 0 Å². The molecule has 2 aromatic rings. The number of halogens is 1. The highest BCUT2D eigenvalue weighted by Gasteiger charge is 2.30. The lowest BCUT2D eigenvalue weighted by atomic mass is 9.97. The zero-order chi connectivity index (χ0) is 16.7. The first-order valence-corrected chi connectivity index (χ1v) is 9.22. The zero-order valence-corrected chi connectivity index (χ0v) is 14.9. The molecule has 1 fully saturated rings. The Balaban J connectivity index is 1.73. The first-order valence-electron chi connectivity index (χ1n) is 8.43. The van der Waals surface area contributed by atoms with Crippen molar-refractivity contribution in [2.45, 2.75) is 44.7 Å². The number of nitrogens with one attached hydrogen (secondary N) is 1. The minimum atomic E-state index is -0.0585. The Morgan fingerprint density at radius 3 is 2.67 bits per heavy atom. The molecule has 5 heteroatoms. The number of hydrogen-bond acceptors (Lipinski definition) is 2. The van der Waals surface area contributed by atoms with Gasteiger partial charge in [-0.3, -0.25) is 9.59 Å². The zero-order valence-electron chi connectivity index (χ0n) is 13.3. The van der Waals surface area contributed by atoms with Gasteiger partial charge in [0, 0.05) is 23.5 Å². The van der Waals surface area contributed by atoms with Crippen LogP contribution in [0.1, 0.15) is 57.8 Å². The van der Waals surface area contributed by atoms with Crippen LogP contribution in [0.3, 0.4) is 0 Å². The highest BCUT2D eigenvalue weighted by atomic mass is 79.9. The van der Waals surface area contributed by atoms with E-state index in [4.69, 9.17) is 0 Å². The number of ketones is 1. The Hall–Kier alpha value is -1.88. The number of benzene rings is 1. The van der Waals surface area contributed by atoms with Gasteiger partial charge in [0.05, 0.1) is 5.69 Å². The second kappa shape index (κ2) is 6.20. The van der Waals surface area contributed by atoms with Crippen molar-refractivity contribution >= 4 is 27.6 Å². The Morgan fingerprint density at radius 1 is 1.21 bits per heavy atom. The van der Waals surface area contributed by atoms with Crippen molar-refractivity contribution < 1.29 is 9.59 Å². The number of amides is 1. The van der Waals surface area contributed by atoms with E-state index in [1.54, 1.807) is 0 Å². The summed E-state index contributed by atoms with van der Waals surface area (Å²) in [4.78, 5) is 25.1. The van der Waals surface area contributed by atoms with Crippen LogP contribution in [0.2, 0.25) is 0 Å². The molecule has 2 aliphatic rings. The van der Waals surface area contributed by atoms with Gasteiger partial charge >= 0.3 is 0 Å². The van der Waals surface area contributed by atoms with E-state index in [-0.39, 0.29) is 11.7 Å². The van der Waals surface area contributed by atoms with Gasteiger partial charge < -0.3 is 9.88 Å². The minimum Gasteiger partial charge on any atom is -0.348 e. The number of carbonyl (C=O) groups is 2. The van der Waals surface area contributed by atoms with Crippen molar-refractivity contribution in [3.8, 4) is 0 Å². The number of fused-ring (bicyclic) bond motifs is 1. The quantitative estimate of drug-likeness (QED) is 0.870. The van der Waals surface area contributed by atoms with Crippen molar-refractivity contribution in [2.24, 2.45) is 0 Å². The maximum absolute atomic E-state index is 12.6. The largest absolute Gasteiger partial charge is 0.348 e. The van der Waals surface area contributed by atoms with Crippen LogP contribution in [-0.4, -0.2) is 22.3 Å². The smallest absolute Gasteiger partial charge is 0.268 e. The molecule has 0 radical (unpaired) electrons. The molecule has 24 heavy (non-hydrogen) atoms. The van der Waals surface area contributed by atoms with E-state index in [9.17, 15) is 9.59 Å². The summed E-state index contributed by atoms with van der Waals surface area (Å²) in [5.41, 5.74) is 3.44. The lowest BCUT2D eigenvalue weighted by Gasteiger charge is -2.16. The van der Waals surface area contributed by atoms with Crippen LogP contribution < -0.4 is 5.32 Å². The van der Waals surface area contributed by atoms with Crippen molar-refractivity contribution in [1.29, 1.82) is 0 Å². The average Bonchev–Trinajstić information content (AvgIpc) is 3.29. The molecule has 0 saturated heterocycles. The molecule has 1 aromatic heterocycles. The van der Waals surface area contributed by atoms with Gasteiger partial charge in [-0.1, -0.05) is 28.1 Å². The maximum Gasteiger partial charge on any atom is 0.268 e. The second-order valence-electron chi connectivity index (χ2n) is 6.64. The number of hydrogen-bond donors (Lipinski definition) is 1. The van der Waals surface area contributed by atoms with Gasteiger partial charge in [0.1, 0.15) is 5.69 Å². The molecule has 0 atom stereocenters. The van der Waals surface area contributed by atoms with Crippen LogP contribution in [0.25, 0.3) is 0 Å². The molecule has 1 saturated carbocycles. The fourth-order valence-corrected chi connectivity index (χ4v) is 3.56. The summed E-state index contributed by atoms with van der Waals surface area (Å²) < 4.78 is 2.93. The van der Waals surface area contributed by atoms with Crippen LogP contribution in [0, 0.1) is 0 Å². The summed E-state index contributed by atoms with van der Waals surface area (Å²) in [6.07, 6.45) is 4.42. The van der Waals surface area contributed by atoms with Crippen LogP contribution in [-0.2, 0) is 13.0 Å². The Morgan fingerprint density at radius 2 is 1.96 bits per heavy atom. The van der Waals surface area contributed by atoms with E-state index >= 15 is 0 Å². The van der Waals surface area contributed by atoms with Gasteiger partial charge in [0.2, 0.25) is 0 Å². The third kappa shape index (κ3) is 3.05. The van der Waals surface area contributed by atoms with Crippen LogP contribution in [0.5, 0.6) is 0 Å². The van der Waals surface area contributed by atoms with Gasteiger partial charge in [-0.2, -0.15) is 0 Å². The van der Waals surface area contributed by atoms with Crippen molar-refractivity contribution in [3.05, 3.63) is 57.3 Å². The topological polar surface area (TPSA) is 51.1 Å². The van der Waals surface area contributed by atoms with Gasteiger partial charge in [0.25, 0.3) is 5.91 Å². The lowest BCUT2D eigenvalue weighted by Crippen LogP contribution is -2.28. The standard InChI is InChI=1S/C19H19BrN2O2/c20-14-6-4-12(5-7-14)11-22-16(19(24)21-15-8-9-15)10-13-2-1-3-17(23)18(13)22/h4-7,10,15H,1-3,8-9,11H2,(H,21,24). The first kappa shape index (κ1) is 15.6. The number of rotatable bonds is 4. The second-order valence-corrected chi connectivity index (χ2v) is 7.56. The van der Waals surface area contributed by atoms with Gasteiger partial charge in [-0.25, -0.2) is 0 Å². The van der Waals surface area contributed by atoms with Gasteiger partial charge in [-0.05, 0) is 55.0 Å². The van der Waals surface area contributed by atoms with E-state index in [0.717, 1.165) is 47.0 Å². The molecule has 124 valence electrons. The molecule has 1 aromatic carbocycles. The maximum atomic E-state index is 12.6. The number of aromatic nitrogens is 1. The van der Waals surface area contributed by atoms with Gasteiger partial charge in [-0.15, -0.1) is 0 Å².